The number of benzene rings is 2. The number of aromatic amines is 1. The fourth-order valence-electron chi connectivity index (χ4n) is 3.40. The second-order valence-electron chi connectivity index (χ2n) is 5.98. The molecule has 1 aliphatic carbocycles. The first kappa shape index (κ1) is 14.2. The normalized spacial score (nSPS) is 12.2. The first-order valence-corrected chi connectivity index (χ1v) is 8.33. The zero-order valence-electron chi connectivity index (χ0n) is 13.2. The third-order valence-electron chi connectivity index (χ3n) is 4.54. The number of para-hydroxylation sites is 1. The van der Waals surface area contributed by atoms with Gasteiger partial charge in [-0.1, -0.05) is 42.5 Å². The van der Waals surface area contributed by atoms with Crippen molar-refractivity contribution in [3.63, 3.8) is 0 Å². The lowest BCUT2D eigenvalue weighted by Crippen LogP contribution is -2.11. The van der Waals surface area contributed by atoms with Gasteiger partial charge in [0.25, 0.3) is 0 Å². The smallest absolute Gasteiger partial charge is 0.214 e. The number of nitrogens with one attached hydrogen (secondary N) is 1. The molecule has 0 radical (unpaired) electrons. The van der Waals surface area contributed by atoms with E-state index in [0.29, 0.717) is 10.6 Å². The van der Waals surface area contributed by atoms with Gasteiger partial charge in [0.1, 0.15) is 5.69 Å². The highest BCUT2D eigenvalue weighted by atomic mass is 32.1. The molecule has 0 aliphatic heterocycles. The lowest BCUT2D eigenvalue weighted by atomic mass is 10.1. The fourth-order valence-corrected chi connectivity index (χ4v) is 3.53. The summed E-state index contributed by atoms with van der Waals surface area (Å²) in [5.41, 5.74) is 6.43. The van der Waals surface area contributed by atoms with Crippen LogP contribution in [0.25, 0.3) is 28.5 Å². The molecule has 4 aromatic rings. The van der Waals surface area contributed by atoms with Crippen LogP contribution in [0.15, 0.2) is 54.6 Å². The number of hydrogen-bond donors (Lipinski definition) is 2. The van der Waals surface area contributed by atoms with Crippen molar-refractivity contribution < 1.29 is 0 Å². The summed E-state index contributed by atoms with van der Waals surface area (Å²) >= 11 is 5.16. The second kappa shape index (κ2) is 5.15. The van der Waals surface area contributed by atoms with Gasteiger partial charge in [-0.25, -0.2) is 14.5 Å². The molecule has 0 amide bonds. The molecule has 3 N–H and O–H groups in total. The molecule has 5 rings (SSSR count). The van der Waals surface area contributed by atoms with E-state index in [-0.39, 0.29) is 0 Å². The largest absolute Gasteiger partial charge is 0.335 e. The maximum atomic E-state index is 6.05. The van der Waals surface area contributed by atoms with Gasteiger partial charge in [-0.15, -0.1) is 0 Å². The molecule has 0 bridgehead atoms. The second-order valence-corrected chi connectivity index (χ2v) is 6.37. The van der Waals surface area contributed by atoms with E-state index in [0.717, 1.165) is 29.1 Å². The summed E-state index contributed by atoms with van der Waals surface area (Å²) in [6.07, 6.45) is 0.799. The topological polar surface area (TPSA) is 77.5 Å². The third kappa shape index (κ3) is 1.99. The van der Waals surface area contributed by atoms with Crippen LogP contribution in [0.1, 0.15) is 11.1 Å². The minimum atomic E-state index is 0.369. The average Bonchev–Trinajstić information content (AvgIpc) is 3.29. The van der Waals surface area contributed by atoms with Crippen molar-refractivity contribution in [1.82, 2.24) is 24.7 Å². The molecule has 0 unspecified atom stereocenters. The summed E-state index contributed by atoms with van der Waals surface area (Å²) in [6, 6.07) is 18.5. The molecule has 122 valence electrons. The van der Waals surface area contributed by atoms with Crippen LogP contribution in [0.2, 0.25) is 0 Å². The molecule has 0 saturated carbocycles. The predicted molar refractivity (Wildman–Crippen MR) is 98.4 cm³/mol. The van der Waals surface area contributed by atoms with Gasteiger partial charge in [0.15, 0.2) is 0 Å². The fraction of sp³-hybridized carbons (Fsp3) is 0.0556. The summed E-state index contributed by atoms with van der Waals surface area (Å²) in [5, 5.41) is 11.8. The van der Waals surface area contributed by atoms with Crippen LogP contribution in [0, 0.1) is 4.77 Å². The van der Waals surface area contributed by atoms with E-state index in [1.54, 1.807) is 0 Å². The van der Waals surface area contributed by atoms with Gasteiger partial charge < -0.3 is 5.84 Å². The van der Waals surface area contributed by atoms with Gasteiger partial charge in [0.2, 0.25) is 10.6 Å². The summed E-state index contributed by atoms with van der Waals surface area (Å²) in [5.74, 6) is 6.60. The average molecular weight is 346 g/mol. The Morgan fingerprint density at radius 2 is 1.80 bits per heavy atom. The Bertz CT molecular complexity index is 1150. The molecule has 2 aromatic heterocycles. The van der Waals surface area contributed by atoms with Gasteiger partial charge >= 0.3 is 0 Å². The summed E-state index contributed by atoms with van der Waals surface area (Å²) < 4.78 is 3.71. The molecular weight excluding hydrogens is 332 g/mol. The number of nitrogen functional groups attached to an aromatic ring is 1. The predicted octanol–water partition coefficient (Wildman–Crippen LogP) is 3.08. The van der Waals surface area contributed by atoms with E-state index >= 15 is 0 Å². The number of aromatic nitrogens is 5. The number of fused-ring (bicyclic) bond motifs is 3. The van der Waals surface area contributed by atoms with Gasteiger partial charge in [-0.3, -0.25) is 0 Å². The van der Waals surface area contributed by atoms with Crippen LogP contribution in [-0.4, -0.2) is 24.7 Å². The zero-order chi connectivity index (χ0) is 17.0. The van der Waals surface area contributed by atoms with E-state index in [9.17, 15) is 0 Å². The van der Waals surface area contributed by atoms with Gasteiger partial charge in [0, 0.05) is 17.5 Å². The van der Waals surface area contributed by atoms with Crippen LogP contribution in [-0.2, 0) is 6.42 Å². The van der Waals surface area contributed by atoms with E-state index < -0.39 is 0 Å². The molecule has 25 heavy (non-hydrogen) atoms. The summed E-state index contributed by atoms with van der Waals surface area (Å²) in [4.78, 5) is 0. The van der Waals surface area contributed by atoms with E-state index in [1.807, 2.05) is 35.0 Å². The van der Waals surface area contributed by atoms with Crippen molar-refractivity contribution in [3.05, 3.63) is 70.5 Å². The Hall–Kier alpha value is -3.19. The van der Waals surface area contributed by atoms with Crippen LogP contribution in [0.5, 0.6) is 0 Å². The van der Waals surface area contributed by atoms with E-state index in [4.69, 9.17) is 23.2 Å². The van der Waals surface area contributed by atoms with Crippen LogP contribution < -0.4 is 5.84 Å². The molecule has 1 aliphatic rings. The molecule has 0 atom stereocenters. The number of hydrogen-bond acceptors (Lipinski definition) is 4. The molecule has 7 heteroatoms. The van der Waals surface area contributed by atoms with Gasteiger partial charge in [-0.2, -0.15) is 10.2 Å². The summed E-state index contributed by atoms with van der Waals surface area (Å²) in [7, 11) is 0. The number of nitrogens with two attached hydrogens (primary N) is 1. The Balaban J connectivity index is 1.83. The van der Waals surface area contributed by atoms with Crippen LogP contribution in [0.3, 0.4) is 0 Å². The zero-order valence-corrected chi connectivity index (χ0v) is 14.0. The standard InChI is InChI=1S/C18H14N6S/c19-23-17(20-21-18(23)25)15-14-10-11-6-4-5-9-13(11)16(14)24(22-15)12-7-2-1-3-8-12/h1-9H,10,19H2,(H,21,25). The van der Waals surface area contributed by atoms with Crippen molar-refractivity contribution in [2.24, 2.45) is 0 Å². The highest BCUT2D eigenvalue weighted by molar-refractivity contribution is 7.71. The van der Waals surface area contributed by atoms with E-state index in [1.165, 1.54) is 15.8 Å². The lowest BCUT2D eigenvalue weighted by molar-refractivity contribution is 0.878. The molecular formula is C18H14N6S. The Labute approximate surface area is 148 Å². The minimum Gasteiger partial charge on any atom is -0.335 e. The summed E-state index contributed by atoms with van der Waals surface area (Å²) in [6.45, 7) is 0. The number of nitrogens with zero attached hydrogens (tertiary/aromatic N) is 4. The van der Waals surface area contributed by atoms with Crippen LogP contribution in [0.4, 0.5) is 0 Å². The Morgan fingerprint density at radius 3 is 2.56 bits per heavy atom. The van der Waals surface area contributed by atoms with E-state index in [2.05, 4.69) is 34.5 Å². The quantitative estimate of drug-likeness (QED) is 0.380. The monoisotopic (exact) mass is 346 g/mol. The number of H-pyrrole nitrogens is 1. The Kier molecular flexibility index (Phi) is 2.92. The minimum absolute atomic E-state index is 0.369. The Morgan fingerprint density at radius 1 is 1.04 bits per heavy atom. The SMILES string of the molecule is Nn1c(-c2nn(-c3ccccc3)c3c2Cc2ccccc2-3)n[nH]c1=S. The lowest BCUT2D eigenvalue weighted by Gasteiger charge is -2.07. The van der Waals surface area contributed by atoms with Crippen molar-refractivity contribution in [2.45, 2.75) is 6.42 Å². The highest BCUT2D eigenvalue weighted by Gasteiger charge is 2.30. The van der Waals surface area contributed by atoms with Crippen molar-refractivity contribution in [1.29, 1.82) is 0 Å². The maximum absolute atomic E-state index is 6.05. The number of rotatable bonds is 2. The molecule has 0 fully saturated rings. The van der Waals surface area contributed by atoms with Crippen molar-refractivity contribution in [2.75, 3.05) is 5.84 Å². The highest BCUT2D eigenvalue weighted by Crippen LogP contribution is 2.42. The van der Waals surface area contributed by atoms with Gasteiger partial charge in [-0.05, 0) is 29.9 Å². The molecule has 0 spiro atoms. The molecule has 0 saturated heterocycles. The first-order valence-electron chi connectivity index (χ1n) is 7.92. The third-order valence-corrected chi connectivity index (χ3v) is 4.83. The molecule has 2 aromatic carbocycles. The molecule has 6 nitrogen and oxygen atoms in total. The van der Waals surface area contributed by atoms with Crippen LogP contribution >= 0.6 is 12.2 Å². The maximum Gasteiger partial charge on any atom is 0.214 e. The first-order chi connectivity index (χ1) is 12.2. The molecule has 2 heterocycles. The van der Waals surface area contributed by atoms with Gasteiger partial charge in [0.05, 0.1) is 11.4 Å². The van der Waals surface area contributed by atoms with Crippen molar-refractivity contribution >= 4 is 12.2 Å². The van der Waals surface area contributed by atoms with Crippen molar-refractivity contribution in [3.8, 4) is 28.5 Å².